The molecule has 0 spiro atoms. The van der Waals surface area contributed by atoms with Crippen LogP contribution in [-0.2, 0) is 13.1 Å². The van der Waals surface area contributed by atoms with Crippen LogP contribution < -0.4 is 5.32 Å². The minimum absolute atomic E-state index is 0.601. The van der Waals surface area contributed by atoms with Crippen LogP contribution in [0.15, 0.2) is 6.33 Å². The van der Waals surface area contributed by atoms with Crippen LogP contribution in [0.2, 0.25) is 0 Å². The summed E-state index contributed by atoms with van der Waals surface area (Å²) in [6, 6.07) is 0.601. The number of aryl methyl sites for hydroxylation is 1. The molecule has 1 saturated carbocycles. The third kappa shape index (κ3) is 2.61. The van der Waals surface area contributed by atoms with E-state index in [-0.39, 0.29) is 0 Å². The van der Waals surface area contributed by atoms with Crippen molar-refractivity contribution in [2.75, 3.05) is 0 Å². The summed E-state index contributed by atoms with van der Waals surface area (Å²) in [7, 11) is 0. The summed E-state index contributed by atoms with van der Waals surface area (Å²) in [5, 5.41) is 7.75. The maximum Gasteiger partial charge on any atom is 0.140 e. The van der Waals surface area contributed by atoms with Gasteiger partial charge in [-0.1, -0.05) is 12.8 Å². The lowest BCUT2D eigenvalue weighted by Gasteiger charge is -2.20. The van der Waals surface area contributed by atoms with Crippen molar-refractivity contribution in [2.24, 2.45) is 5.92 Å². The van der Waals surface area contributed by atoms with Crippen LogP contribution in [0.1, 0.15) is 45.4 Å². The lowest BCUT2D eigenvalue weighted by Crippen LogP contribution is -2.32. The number of aromatic nitrogens is 3. The van der Waals surface area contributed by atoms with Gasteiger partial charge in [0.05, 0.1) is 6.54 Å². The Hall–Kier alpha value is -0.900. The normalized spacial score (nSPS) is 19.1. The number of hydrogen-bond acceptors (Lipinski definition) is 3. The average molecular weight is 222 g/mol. The highest BCUT2D eigenvalue weighted by molar-refractivity contribution is 4.86. The predicted octanol–water partition coefficient (Wildman–Crippen LogP) is 1.97. The maximum absolute atomic E-state index is 4.27. The van der Waals surface area contributed by atoms with Crippen LogP contribution in [0.5, 0.6) is 0 Å². The largest absolute Gasteiger partial charge is 0.307 e. The molecule has 1 atom stereocenters. The molecule has 4 nitrogen and oxygen atoms in total. The van der Waals surface area contributed by atoms with Crippen LogP contribution in [0, 0.1) is 5.92 Å². The van der Waals surface area contributed by atoms with Crippen molar-refractivity contribution >= 4 is 0 Å². The molecule has 0 radical (unpaired) electrons. The highest BCUT2D eigenvalue weighted by atomic mass is 15.3. The van der Waals surface area contributed by atoms with Gasteiger partial charge >= 0.3 is 0 Å². The van der Waals surface area contributed by atoms with Crippen LogP contribution in [-0.4, -0.2) is 20.8 Å². The van der Waals surface area contributed by atoms with Gasteiger partial charge < -0.3 is 5.32 Å². The van der Waals surface area contributed by atoms with E-state index >= 15 is 0 Å². The first kappa shape index (κ1) is 11.6. The Morgan fingerprint density at radius 1 is 1.50 bits per heavy atom. The highest BCUT2D eigenvalue weighted by Crippen LogP contribution is 2.27. The Bertz CT molecular complexity index is 315. The van der Waals surface area contributed by atoms with Crippen molar-refractivity contribution in [1.82, 2.24) is 20.1 Å². The summed E-state index contributed by atoms with van der Waals surface area (Å²) in [5.74, 6) is 1.91. The first-order chi connectivity index (χ1) is 7.81. The van der Waals surface area contributed by atoms with Crippen molar-refractivity contribution in [3.63, 3.8) is 0 Å². The lowest BCUT2D eigenvalue weighted by molar-refractivity contribution is 0.373. The number of hydrogen-bond donors (Lipinski definition) is 1. The molecule has 0 unspecified atom stereocenters. The van der Waals surface area contributed by atoms with Gasteiger partial charge in [0, 0.05) is 12.6 Å². The molecule has 0 bridgehead atoms. The molecule has 0 aromatic carbocycles. The number of rotatable bonds is 5. The summed E-state index contributed by atoms with van der Waals surface area (Å²) in [6.07, 6.45) is 7.22. The molecule has 4 heteroatoms. The molecule has 16 heavy (non-hydrogen) atoms. The van der Waals surface area contributed by atoms with Crippen molar-refractivity contribution in [3.8, 4) is 0 Å². The lowest BCUT2D eigenvalue weighted by atomic mass is 10.00. The number of nitrogens with one attached hydrogen (secondary N) is 1. The van der Waals surface area contributed by atoms with E-state index in [2.05, 4.69) is 29.2 Å². The Morgan fingerprint density at radius 2 is 2.25 bits per heavy atom. The summed E-state index contributed by atoms with van der Waals surface area (Å²) < 4.78 is 1.95. The monoisotopic (exact) mass is 222 g/mol. The first-order valence-corrected chi connectivity index (χ1v) is 6.41. The number of nitrogens with zero attached hydrogens (tertiary/aromatic N) is 3. The van der Waals surface area contributed by atoms with Gasteiger partial charge in [-0.05, 0) is 32.6 Å². The van der Waals surface area contributed by atoms with Gasteiger partial charge in [-0.25, -0.2) is 9.67 Å². The zero-order chi connectivity index (χ0) is 11.4. The quantitative estimate of drug-likeness (QED) is 0.828. The Kier molecular flexibility index (Phi) is 3.93. The van der Waals surface area contributed by atoms with Gasteiger partial charge in [-0.15, -0.1) is 0 Å². The van der Waals surface area contributed by atoms with Crippen molar-refractivity contribution in [1.29, 1.82) is 0 Å². The van der Waals surface area contributed by atoms with Crippen LogP contribution in [0.3, 0.4) is 0 Å². The van der Waals surface area contributed by atoms with Gasteiger partial charge in [0.2, 0.25) is 0 Å². The zero-order valence-corrected chi connectivity index (χ0v) is 10.3. The average Bonchev–Trinajstić information content (AvgIpc) is 2.96. The second-order valence-corrected chi connectivity index (χ2v) is 4.71. The third-order valence-electron chi connectivity index (χ3n) is 3.68. The fraction of sp³-hybridized carbons (Fsp3) is 0.833. The van der Waals surface area contributed by atoms with Crippen molar-refractivity contribution in [3.05, 3.63) is 12.2 Å². The van der Waals surface area contributed by atoms with Crippen LogP contribution in [0.25, 0.3) is 0 Å². The fourth-order valence-electron chi connectivity index (χ4n) is 2.57. The SMILES string of the molecule is CCn1ncnc1CN[C@@H](C)C1CCCC1. The summed E-state index contributed by atoms with van der Waals surface area (Å²) in [6.45, 7) is 6.13. The van der Waals surface area contributed by atoms with Crippen molar-refractivity contribution in [2.45, 2.75) is 58.7 Å². The summed E-state index contributed by atoms with van der Waals surface area (Å²) in [4.78, 5) is 4.27. The molecule has 0 amide bonds. The van der Waals surface area contributed by atoms with Gasteiger partial charge in [-0.2, -0.15) is 5.10 Å². The minimum Gasteiger partial charge on any atom is -0.307 e. The molecule has 1 heterocycles. The molecular weight excluding hydrogens is 200 g/mol. The topological polar surface area (TPSA) is 42.7 Å². The molecule has 1 aromatic rings. The predicted molar refractivity (Wildman–Crippen MR) is 64.0 cm³/mol. The molecule has 1 aliphatic rings. The molecular formula is C12H22N4. The Morgan fingerprint density at radius 3 is 2.94 bits per heavy atom. The summed E-state index contributed by atoms with van der Waals surface area (Å²) in [5.41, 5.74) is 0. The molecule has 1 aromatic heterocycles. The molecule has 1 fully saturated rings. The molecule has 1 aliphatic carbocycles. The zero-order valence-electron chi connectivity index (χ0n) is 10.3. The van der Waals surface area contributed by atoms with E-state index in [0.29, 0.717) is 6.04 Å². The van der Waals surface area contributed by atoms with E-state index in [0.717, 1.165) is 24.8 Å². The smallest absolute Gasteiger partial charge is 0.140 e. The second kappa shape index (κ2) is 5.43. The van der Waals surface area contributed by atoms with Gasteiger partial charge in [-0.3, -0.25) is 0 Å². The van der Waals surface area contributed by atoms with Crippen molar-refractivity contribution < 1.29 is 0 Å². The fourth-order valence-corrected chi connectivity index (χ4v) is 2.57. The molecule has 1 N–H and O–H groups in total. The molecule has 90 valence electrons. The standard InChI is InChI=1S/C12H22N4/c1-3-16-12(14-9-15-16)8-13-10(2)11-6-4-5-7-11/h9-11,13H,3-8H2,1-2H3/t10-/m0/s1. The van der Waals surface area contributed by atoms with Crippen LogP contribution in [0.4, 0.5) is 0 Å². The molecule has 0 saturated heterocycles. The van der Waals surface area contributed by atoms with E-state index < -0.39 is 0 Å². The minimum atomic E-state index is 0.601. The van der Waals surface area contributed by atoms with E-state index in [4.69, 9.17) is 0 Å². The first-order valence-electron chi connectivity index (χ1n) is 6.41. The highest BCUT2D eigenvalue weighted by Gasteiger charge is 2.21. The van der Waals surface area contributed by atoms with Gasteiger partial charge in [0.1, 0.15) is 12.2 Å². The summed E-state index contributed by atoms with van der Waals surface area (Å²) >= 11 is 0. The Labute approximate surface area is 97.5 Å². The molecule has 2 rings (SSSR count). The second-order valence-electron chi connectivity index (χ2n) is 4.71. The van der Waals surface area contributed by atoms with Gasteiger partial charge in [0.15, 0.2) is 0 Å². The maximum atomic E-state index is 4.27. The van der Waals surface area contributed by atoms with E-state index in [1.165, 1.54) is 25.7 Å². The van der Waals surface area contributed by atoms with Gasteiger partial charge in [0.25, 0.3) is 0 Å². The van der Waals surface area contributed by atoms with E-state index in [9.17, 15) is 0 Å². The Balaban J connectivity index is 1.82. The molecule has 0 aliphatic heterocycles. The van der Waals surface area contributed by atoms with E-state index in [1.807, 2.05) is 4.68 Å². The van der Waals surface area contributed by atoms with E-state index in [1.54, 1.807) is 6.33 Å². The van der Waals surface area contributed by atoms with Crippen LogP contribution >= 0.6 is 0 Å². The third-order valence-corrected chi connectivity index (χ3v) is 3.68.